The number of benzene rings is 2. The summed E-state index contributed by atoms with van der Waals surface area (Å²) >= 11 is 0. The van der Waals surface area contributed by atoms with Crippen molar-refractivity contribution in [2.75, 3.05) is 39.1 Å². The maximum atomic E-state index is 13.1. The molecule has 2 bridgehead atoms. The molecule has 3 saturated heterocycles. The quantitative estimate of drug-likeness (QED) is 0.442. The summed E-state index contributed by atoms with van der Waals surface area (Å²) in [4.78, 5) is 15.9. The number of urea groups is 1. The van der Waals surface area contributed by atoms with Crippen molar-refractivity contribution < 1.29 is 17.9 Å². The van der Waals surface area contributed by atoms with Gasteiger partial charge in [0.05, 0.1) is 21.7 Å². The lowest BCUT2D eigenvalue weighted by atomic mass is 9.71. The first kappa shape index (κ1) is 27.6. The third kappa shape index (κ3) is 6.19. The number of hydrogen-bond acceptors (Lipinski definition) is 5. The van der Waals surface area contributed by atoms with Crippen molar-refractivity contribution in [1.29, 1.82) is 0 Å². The lowest BCUT2D eigenvalue weighted by Gasteiger charge is -2.53. The molecule has 2 aromatic carbocycles. The number of carbonyl (C=O) groups is 1. The monoisotopic (exact) mass is 527 g/mol. The fourth-order valence-electron chi connectivity index (χ4n) is 5.86. The van der Waals surface area contributed by atoms with Crippen LogP contribution in [0.5, 0.6) is 0 Å². The Hall–Kier alpha value is -2.42. The van der Waals surface area contributed by atoms with E-state index < -0.39 is 15.4 Å². The molecule has 2 aromatic rings. The van der Waals surface area contributed by atoms with E-state index >= 15 is 0 Å². The molecule has 202 valence electrons. The van der Waals surface area contributed by atoms with Crippen LogP contribution in [0, 0.1) is 5.92 Å². The summed E-state index contributed by atoms with van der Waals surface area (Å²) < 4.78 is 30.0. The summed E-state index contributed by atoms with van der Waals surface area (Å²) in [5.74, 6) is 0.616. The third-order valence-corrected chi connectivity index (χ3v) is 10.0. The Balaban J connectivity index is 1.40. The fraction of sp³-hybridized carbons (Fsp3) is 0.552. The number of nitrogens with one attached hydrogen (secondary N) is 2. The van der Waals surface area contributed by atoms with E-state index in [1.54, 1.807) is 19.2 Å². The van der Waals surface area contributed by atoms with Crippen LogP contribution in [0.1, 0.15) is 52.0 Å². The molecule has 0 aliphatic carbocycles. The molecule has 3 aliphatic heterocycles. The number of ether oxygens (including phenoxy) is 1. The molecule has 8 heteroatoms. The number of nitrogens with zero attached hydrogens (tertiary/aromatic N) is 1. The number of carbonyl (C=O) groups excluding carboxylic acids is 1. The largest absolute Gasteiger partial charge is 0.385 e. The zero-order valence-corrected chi connectivity index (χ0v) is 23.4. The minimum absolute atomic E-state index is 0.0723. The molecule has 0 aromatic heterocycles. The Morgan fingerprint density at radius 3 is 2.16 bits per heavy atom. The highest BCUT2D eigenvalue weighted by atomic mass is 32.2. The summed E-state index contributed by atoms with van der Waals surface area (Å²) in [6, 6.07) is 15.0. The van der Waals surface area contributed by atoms with Gasteiger partial charge in [0, 0.05) is 20.3 Å². The molecular weight excluding hydrogens is 486 g/mol. The number of methoxy groups -OCH3 is 1. The summed E-state index contributed by atoms with van der Waals surface area (Å²) in [7, 11) is -1.75. The highest BCUT2D eigenvalue weighted by Gasteiger charge is 2.46. The molecule has 2 amide bonds. The van der Waals surface area contributed by atoms with Crippen molar-refractivity contribution in [3.8, 4) is 11.1 Å². The zero-order chi connectivity index (χ0) is 26.7. The zero-order valence-electron chi connectivity index (χ0n) is 22.5. The maximum absolute atomic E-state index is 13.1. The van der Waals surface area contributed by atoms with E-state index in [-0.39, 0.29) is 17.3 Å². The number of hydrogen-bond donors (Lipinski definition) is 2. The molecule has 5 rings (SSSR count). The van der Waals surface area contributed by atoms with Crippen LogP contribution in [0.15, 0.2) is 53.4 Å². The van der Waals surface area contributed by atoms with Crippen LogP contribution >= 0.6 is 0 Å². The molecule has 3 heterocycles. The van der Waals surface area contributed by atoms with Crippen molar-refractivity contribution in [3.63, 3.8) is 0 Å². The van der Waals surface area contributed by atoms with Crippen LogP contribution in [-0.4, -0.2) is 64.0 Å². The van der Waals surface area contributed by atoms with Gasteiger partial charge in [-0.05, 0) is 87.4 Å². The molecule has 37 heavy (non-hydrogen) atoms. The molecular formula is C29H41N3O4S. The Bertz CT molecular complexity index is 1170. The standard InChI is InChI=1S/C29H41N3O4S/c1-5-29(21-32-17-15-25(29)16-18-32)31-27(33)30-28(2,3)24-11-7-22(8-12-24)23-9-13-26(14-10-23)37(34,35)20-6-19-36-4/h7-14,25H,5-6,15-21H2,1-4H3,(H2,30,31,33). The van der Waals surface area contributed by atoms with Crippen LogP contribution < -0.4 is 10.6 Å². The topological polar surface area (TPSA) is 87.7 Å². The molecule has 2 N–H and O–H groups in total. The molecule has 3 fully saturated rings. The minimum Gasteiger partial charge on any atom is -0.385 e. The smallest absolute Gasteiger partial charge is 0.315 e. The van der Waals surface area contributed by atoms with Gasteiger partial charge in [-0.3, -0.25) is 0 Å². The minimum atomic E-state index is -3.32. The van der Waals surface area contributed by atoms with Crippen LogP contribution in [0.3, 0.4) is 0 Å². The van der Waals surface area contributed by atoms with Gasteiger partial charge in [-0.25, -0.2) is 13.2 Å². The van der Waals surface area contributed by atoms with E-state index in [1.807, 2.05) is 50.2 Å². The van der Waals surface area contributed by atoms with Gasteiger partial charge in [0.2, 0.25) is 0 Å². The van der Waals surface area contributed by atoms with Gasteiger partial charge >= 0.3 is 6.03 Å². The Morgan fingerprint density at radius 2 is 1.65 bits per heavy atom. The van der Waals surface area contributed by atoms with Gasteiger partial charge in [-0.15, -0.1) is 0 Å². The number of amides is 2. The van der Waals surface area contributed by atoms with Crippen molar-refractivity contribution in [1.82, 2.24) is 15.5 Å². The highest BCUT2D eigenvalue weighted by molar-refractivity contribution is 7.91. The molecule has 0 saturated carbocycles. The summed E-state index contributed by atoms with van der Waals surface area (Å²) in [5.41, 5.74) is 2.24. The van der Waals surface area contributed by atoms with Gasteiger partial charge in [0.15, 0.2) is 9.84 Å². The third-order valence-electron chi connectivity index (χ3n) is 8.21. The van der Waals surface area contributed by atoms with Gasteiger partial charge in [-0.1, -0.05) is 43.3 Å². The van der Waals surface area contributed by atoms with E-state index in [0.717, 1.165) is 55.6 Å². The second-order valence-corrected chi connectivity index (χ2v) is 13.1. The highest BCUT2D eigenvalue weighted by Crippen LogP contribution is 2.38. The van der Waals surface area contributed by atoms with Crippen LogP contribution in [0.4, 0.5) is 4.79 Å². The second kappa shape index (κ2) is 11.1. The predicted octanol–water partition coefficient (Wildman–Crippen LogP) is 4.57. The number of piperidine rings is 3. The Morgan fingerprint density at radius 1 is 1.05 bits per heavy atom. The van der Waals surface area contributed by atoms with E-state index in [4.69, 9.17) is 4.74 Å². The number of rotatable bonds is 10. The second-order valence-electron chi connectivity index (χ2n) is 11.0. The molecule has 1 unspecified atom stereocenters. The summed E-state index contributed by atoms with van der Waals surface area (Å²) in [5, 5.41) is 6.56. The van der Waals surface area contributed by atoms with Crippen LogP contribution in [0.25, 0.3) is 11.1 Å². The first-order chi connectivity index (χ1) is 17.6. The molecule has 7 nitrogen and oxygen atoms in total. The lowest BCUT2D eigenvalue weighted by molar-refractivity contribution is 0.00985. The fourth-order valence-corrected chi connectivity index (χ4v) is 7.15. The molecule has 0 spiro atoms. The lowest BCUT2D eigenvalue weighted by Crippen LogP contribution is -2.68. The number of sulfone groups is 1. The van der Waals surface area contributed by atoms with E-state index in [1.165, 1.54) is 0 Å². The molecule has 1 atom stereocenters. The van der Waals surface area contributed by atoms with Crippen LogP contribution in [-0.2, 0) is 20.1 Å². The van der Waals surface area contributed by atoms with Gasteiger partial charge in [0.25, 0.3) is 0 Å². The summed E-state index contributed by atoms with van der Waals surface area (Å²) in [6.07, 6.45) is 3.71. The normalized spacial score (nSPS) is 23.6. The first-order valence-electron chi connectivity index (χ1n) is 13.3. The Kier molecular flexibility index (Phi) is 8.31. The van der Waals surface area contributed by atoms with Crippen molar-refractivity contribution in [3.05, 3.63) is 54.1 Å². The van der Waals surface area contributed by atoms with Gasteiger partial charge in [-0.2, -0.15) is 0 Å². The molecule has 3 aliphatic rings. The predicted molar refractivity (Wildman–Crippen MR) is 147 cm³/mol. The van der Waals surface area contributed by atoms with E-state index in [0.29, 0.717) is 23.8 Å². The Labute approximate surface area is 221 Å². The maximum Gasteiger partial charge on any atom is 0.315 e. The average molecular weight is 528 g/mol. The van der Waals surface area contributed by atoms with Crippen molar-refractivity contribution >= 4 is 15.9 Å². The van der Waals surface area contributed by atoms with Gasteiger partial charge < -0.3 is 20.3 Å². The van der Waals surface area contributed by atoms with Crippen molar-refractivity contribution in [2.45, 2.75) is 62.4 Å². The van der Waals surface area contributed by atoms with Gasteiger partial charge in [0.1, 0.15) is 0 Å². The summed E-state index contributed by atoms with van der Waals surface area (Å²) in [6.45, 7) is 9.84. The molecule has 0 radical (unpaired) electrons. The van der Waals surface area contributed by atoms with Crippen molar-refractivity contribution in [2.24, 2.45) is 5.92 Å². The van der Waals surface area contributed by atoms with Crippen LogP contribution in [0.2, 0.25) is 0 Å². The average Bonchev–Trinajstić information content (AvgIpc) is 2.89. The van der Waals surface area contributed by atoms with E-state index in [2.05, 4.69) is 22.5 Å². The number of fused-ring (bicyclic) bond motifs is 3. The SMILES string of the molecule is CCC1(NC(=O)NC(C)(C)c2ccc(-c3ccc(S(=O)(=O)CCCOC)cc3)cc2)CN2CCC1CC2. The first-order valence-corrected chi connectivity index (χ1v) is 15.0. The van der Waals surface area contributed by atoms with E-state index in [9.17, 15) is 13.2 Å².